The van der Waals surface area contributed by atoms with Gasteiger partial charge in [0.15, 0.2) is 0 Å². The van der Waals surface area contributed by atoms with E-state index in [9.17, 15) is 10.1 Å². The van der Waals surface area contributed by atoms with Crippen molar-refractivity contribution in [2.75, 3.05) is 32.8 Å². The summed E-state index contributed by atoms with van der Waals surface area (Å²) in [7, 11) is 0. The first-order valence-electron chi connectivity index (χ1n) is 7.39. The molecule has 1 fully saturated rings. The molecule has 0 unspecified atom stereocenters. The van der Waals surface area contributed by atoms with Gasteiger partial charge in [-0.3, -0.25) is 10.1 Å². The molecule has 21 heavy (non-hydrogen) atoms. The summed E-state index contributed by atoms with van der Waals surface area (Å²) in [6.07, 6.45) is 3.01. The topological polar surface area (TPSA) is 75.8 Å². The van der Waals surface area contributed by atoms with Crippen molar-refractivity contribution in [2.24, 2.45) is 5.92 Å². The SMILES string of the molecule is O=[N+]([O-])c1cccc(OCCCN2CCC(CO)CC2)c1. The molecule has 0 amide bonds. The predicted molar refractivity (Wildman–Crippen MR) is 79.5 cm³/mol. The standard InChI is InChI=1S/C15H22N2O4/c18-12-13-5-8-16(9-6-13)7-2-10-21-15-4-1-3-14(11-15)17(19)20/h1,3-4,11,13,18H,2,5-10,12H2. The van der Waals surface area contributed by atoms with E-state index in [1.165, 1.54) is 12.1 Å². The molecule has 1 N–H and O–H groups in total. The van der Waals surface area contributed by atoms with Crippen LogP contribution in [0.1, 0.15) is 19.3 Å². The Labute approximate surface area is 124 Å². The second kappa shape index (κ2) is 7.95. The highest BCUT2D eigenvalue weighted by Crippen LogP contribution is 2.19. The van der Waals surface area contributed by atoms with Crippen LogP contribution < -0.4 is 4.74 Å². The third-order valence-electron chi connectivity index (χ3n) is 3.88. The molecule has 0 bridgehead atoms. The Hall–Kier alpha value is -1.66. The molecular formula is C15H22N2O4. The van der Waals surface area contributed by atoms with Crippen molar-refractivity contribution >= 4 is 5.69 Å². The number of hydrogen-bond donors (Lipinski definition) is 1. The van der Waals surface area contributed by atoms with Crippen LogP contribution in [0.15, 0.2) is 24.3 Å². The zero-order chi connectivity index (χ0) is 15.1. The van der Waals surface area contributed by atoms with Crippen molar-refractivity contribution in [1.82, 2.24) is 4.90 Å². The zero-order valence-corrected chi connectivity index (χ0v) is 12.1. The average molecular weight is 294 g/mol. The highest BCUT2D eigenvalue weighted by atomic mass is 16.6. The first-order valence-corrected chi connectivity index (χ1v) is 7.39. The number of likely N-dealkylation sites (tertiary alicyclic amines) is 1. The summed E-state index contributed by atoms with van der Waals surface area (Å²) < 4.78 is 5.56. The fourth-order valence-electron chi connectivity index (χ4n) is 2.56. The highest BCUT2D eigenvalue weighted by Gasteiger charge is 2.17. The van der Waals surface area contributed by atoms with E-state index in [0.717, 1.165) is 38.9 Å². The fraction of sp³-hybridized carbons (Fsp3) is 0.600. The molecule has 0 spiro atoms. The van der Waals surface area contributed by atoms with Crippen molar-refractivity contribution in [3.05, 3.63) is 34.4 Å². The van der Waals surface area contributed by atoms with Crippen molar-refractivity contribution in [3.8, 4) is 5.75 Å². The summed E-state index contributed by atoms with van der Waals surface area (Å²) in [6.45, 7) is 3.88. The summed E-state index contributed by atoms with van der Waals surface area (Å²) in [6, 6.07) is 6.28. The van der Waals surface area contributed by atoms with E-state index >= 15 is 0 Å². The monoisotopic (exact) mass is 294 g/mol. The first-order chi connectivity index (χ1) is 10.2. The largest absolute Gasteiger partial charge is 0.493 e. The molecule has 0 saturated carbocycles. The maximum Gasteiger partial charge on any atom is 0.273 e. The smallest absolute Gasteiger partial charge is 0.273 e. The third-order valence-corrected chi connectivity index (χ3v) is 3.88. The molecule has 6 heteroatoms. The van der Waals surface area contributed by atoms with Gasteiger partial charge in [-0.1, -0.05) is 6.07 Å². The lowest BCUT2D eigenvalue weighted by Gasteiger charge is -2.30. The van der Waals surface area contributed by atoms with Crippen LogP contribution in [0.25, 0.3) is 0 Å². The number of hydrogen-bond acceptors (Lipinski definition) is 5. The Bertz CT molecular complexity index is 459. The fourth-order valence-corrected chi connectivity index (χ4v) is 2.56. The van der Waals surface area contributed by atoms with E-state index < -0.39 is 4.92 Å². The molecule has 2 rings (SSSR count). The Morgan fingerprint density at radius 1 is 1.38 bits per heavy atom. The number of aliphatic hydroxyl groups excluding tert-OH is 1. The summed E-state index contributed by atoms with van der Waals surface area (Å²) in [5.74, 6) is 1.01. The van der Waals surface area contributed by atoms with Gasteiger partial charge in [0.1, 0.15) is 5.75 Å². The lowest BCUT2D eigenvalue weighted by atomic mass is 9.98. The Morgan fingerprint density at radius 2 is 2.14 bits per heavy atom. The Kier molecular flexibility index (Phi) is 5.95. The van der Waals surface area contributed by atoms with E-state index in [0.29, 0.717) is 24.9 Å². The molecule has 1 aromatic carbocycles. The molecule has 1 aliphatic rings. The van der Waals surface area contributed by atoms with Crippen LogP contribution in [0.4, 0.5) is 5.69 Å². The van der Waals surface area contributed by atoms with Gasteiger partial charge in [-0.15, -0.1) is 0 Å². The highest BCUT2D eigenvalue weighted by molar-refractivity contribution is 5.37. The van der Waals surface area contributed by atoms with Crippen molar-refractivity contribution < 1.29 is 14.8 Å². The van der Waals surface area contributed by atoms with E-state index in [1.54, 1.807) is 12.1 Å². The number of rotatable bonds is 7. The van der Waals surface area contributed by atoms with Gasteiger partial charge in [0, 0.05) is 19.2 Å². The maximum absolute atomic E-state index is 10.7. The van der Waals surface area contributed by atoms with Gasteiger partial charge >= 0.3 is 0 Å². The number of piperidine rings is 1. The van der Waals surface area contributed by atoms with Crippen LogP contribution in [0.2, 0.25) is 0 Å². The number of nitrogens with zero attached hydrogens (tertiary/aromatic N) is 2. The minimum absolute atomic E-state index is 0.0542. The number of non-ortho nitro benzene ring substituents is 1. The van der Waals surface area contributed by atoms with Crippen LogP contribution in [0.3, 0.4) is 0 Å². The summed E-state index contributed by atoms with van der Waals surface area (Å²) in [4.78, 5) is 12.6. The number of ether oxygens (including phenoxy) is 1. The van der Waals surface area contributed by atoms with E-state index in [1.807, 2.05) is 0 Å². The quantitative estimate of drug-likeness (QED) is 0.473. The minimum Gasteiger partial charge on any atom is -0.493 e. The molecular weight excluding hydrogens is 272 g/mol. The van der Waals surface area contributed by atoms with Crippen molar-refractivity contribution in [3.63, 3.8) is 0 Å². The summed E-state index contributed by atoms with van der Waals surface area (Å²) in [5, 5.41) is 19.8. The number of nitro benzene ring substituents is 1. The van der Waals surface area contributed by atoms with Crippen LogP contribution in [0, 0.1) is 16.0 Å². The molecule has 1 heterocycles. The second-order valence-corrected chi connectivity index (χ2v) is 5.42. The van der Waals surface area contributed by atoms with Gasteiger partial charge in [-0.2, -0.15) is 0 Å². The van der Waals surface area contributed by atoms with Gasteiger partial charge in [0.2, 0.25) is 0 Å². The first kappa shape index (κ1) is 15.7. The van der Waals surface area contributed by atoms with Crippen LogP contribution in [-0.4, -0.2) is 47.8 Å². The van der Waals surface area contributed by atoms with Crippen LogP contribution in [0.5, 0.6) is 5.75 Å². The molecule has 1 aliphatic heterocycles. The summed E-state index contributed by atoms with van der Waals surface area (Å²) >= 11 is 0. The van der Waals surface area contributed by atoms with E-state index in [2.05, 4.69) is 4.90 Å². The second-order valence-electron chi connectivity index (χ2n) is 5.42. The van der Waals surface area contributed by atoms with Crippen LogP contribution >= 0.6 is 0 Å². The maximum atomic E-state index is 10.7. The van der Waals surface area contributed by atoms with E-state index in [4.69, 9.17) is 9.84 Å². The molecule has 0 aliphatic carbocycles. The lowest BCUT2D eigenvalue weighted by molar-refractivity contribution is -0.384. The minimum atomic E-state index is -0.418. The molecule has 1 aromatic rings. The molecule has 0 atom stereocenters. The number of aliphatic hydroxyl groups is 1. The predicted octanol–water partition coefficient (Wildman–Crippen LogP) is 2.07. The Balaban J connectivity index is 1.66. The molecule has 1 saturated heterocycles. The van der Waals surface area contributed by atoms with Gasteiger partial charge in [0.05, 0.1) is 17.6 Å². The zero-order valence-electron chi connectivity index (χ0n) is 12.1. The van der Waals surface area contributed by atoms with Crippen LogP contribution in [-0.2, 0) is 0 Å². The van der Waals surface area contributed by atoms with Gasteiger partial charge in [-0.25, -0.2) is 0 Å². The normalized spacial score (nSPS) is 16.8. The van der Waals surface area contributed by atoms with Gasteiger partial charge in [0.25, 0.3) is 5.69 Å². The van der Waals surface area contributed by atoms with Gasteiger partial charge < -0.3 is 14.7 Å². The molecule has 116 valence electrons. The molecule has 0 radical (unpaired) electrons. The third kappa shape index (κ3) is 4.99. The summed E-state index contributed by atoms with van der Waals surface area (Å²) in [5.41, 5.74) is 0.0542. The van der Waals surface area contributed by atoms with Crippen molar-refractivity contribution in [1.29, 1.82) is 0 Å². The lowest BCUT2D eigenvalue weighted by Crippen LogP contribution is -2.35. The van der Waals surface area contributed by atoms with E-state index in [-0.39, 0.29) is 5.69 Å². The average Bonchev–Trinajstić information content (AvgIpc) is 2.52. The molecule has 0 aromatic heterocycles. The van der Waals surface area contributed by atoms with Gasteiger partial charge in [-0.05, 0) is 44.3 Å². The molecule has 6 nitrogen and oxygen atoms in total. The Morgan fingerprint density at radius 3 is 2.81 bits per heavy atom. The number of nitro groups is 1. The number of benzene rings is 1. The van der Waals surface area contributed by atoms with Crippen molar-refractivity contribution in [2.45, 2.75) is 19.3 Å².